The number of aryl methyl sites for hydroxylation is 2. The Morgan fingerprint density at radius 1 is 1.22 bits per heavy atom. The molecule has 1 aromatic heterocycles. The summed E-state index contributed by atoms with van der Waals surface area (Å²) >= 11 is 3.22. The van der Waals surface area contributed by atoms with E-state index < -0.39 is 0 Å². The van der Waals surface area contributed by atoms with E-state index in [2.05, 4.69) is 31.0 Å². The minimum atomic E-state index is -0.179. The maximum atomic E-state index is 12.6. The van der Waals surface area contributed by atoms with Crippen molar-refractivity contribution in [2.45, 2.75) is 18.7 Å². The third-order valence-corrected chi connectivity index (χ3v) is 5.69. The molecule has 3 nitrogen and oxygen atoms in total. The molecule has 0 aliphatic carbocycles. The van der Waals surface area contributed by atoms with Crippen LogP contribution in [0.3, 0.4) is 0 Å². The summed E-state index contributed by atoms with van der Waals surface area (Å²) in [6.45, 7) is 4.16. The van der Waals surface area contributed by atoms with Gasteiger partial charge in [0.15, 0.2) is 4.80 Å². The highest BCUT2D eigenvalue weighted by Gasteiger charge is 2.11. The fourth-order valence-electron chi connectivity index (χ4n) is 2.58. The Bertz CT molecular complexity index is 938. The first-order chi connectivity index (χ1) is 11.1. The lowest BCUT2D eigenvalue weighted by Crippen LogP contribution is -2.14. The normalized spacial score (nSPS) is 12.0. The average Bonchev–Trinajstić information content (AvgIpc) is 2.85. The second-order valence-electron chi connectivity index (χ2n) is 5.21. The van der Waals surface area contributed by atoms with Crippen LogP contribution in [0.4, 0.5) is 0 Å². The summed E-state index contributed by atoms with van der Waals surface area (Å²) in [6.07, 6.45) is 0. The molecule has 3 rings (SSSR count). The van der Waals surface area contributed by atoms with Gasteiger partial charge in [-0.3, -0.25) is 4.79 Å². The molecule has 0 aliphatic heterocycles. The number of nitrogens with zero attached hydrogens (tertiary/aromatic N) is 2. The van der Waals surface area contributed by atoms with Crippen molar-refractivity contribution in [3.8, 4) is 0 Å². The van der Waals surface area contributed by atoms with Crippen LogP contribution in [0, 0.1) is 6.92 Å². The molecule has 118 valence electrons. The van der Waals surface area contributed by atoms with E-state index in [0.717, 1.165) is 25.7 Å². The molecule has 0 radical (unpaired) electrons. The molecule has 0 spiro atoms. The molecular weight excluding hydrogens is 324 g/mol. The zero-order valence-electron chi connectivity index (χ0n) is 13.4. The lowest BCUT2D eigenvalue weighted by Gasteiger charge is -2.04. The van der Waals surface area contributed by atoms with E-state index in [1.807, 2.05) is 41.9 Å². The Balaban J connectivity index is 2.11. The predicted octanol–water partition coefficient (Wildman–Crippen LogP) is 4.40. The van der Waals surface area contributed by atoms with E-state index in [0.29, 0.717) is 5.56 Å². The van der Waals surface area contributed by atoms with E-state index in [9.17, 15) is 4.79 Å². The SMILES string of the molecule is CCSc1ccccc1C(=O)N=c1sc2cccc(C)c2n1C. The van der Waals surface area contributed by atoms with Gasteiger partial charge in [-0.1, -0.05) is 42.5 Å². The molecule has 2 aromatic carbocycles. The van der Waals surface area contributed by atoms with E-state index in [1.165, 1.54) is 5.56 Å². The maximum Gasteiger partial charge on any atom is 0.280 e. The van der Waals surface area contributed by atoms with Gasteiger partial charge >= 0.3 is 0 Å². The van der Waals surface area contributed by atoms with Crippen LogP contribution in [0.15, 0.2) is 52.4 Å². The molecule has 23 heavy (non-hydrogen) atoms. The van der Waals surface area contributed by atoms with Gasteiger partial charge in [-0.15, -0.1) is 11.8 Å². The van der Waals surface area contributed by atoms with Crippen LogP contribution in [-0.2, 0) is 7.05 Å². The van der Waals surface area contributed by atoms with Gasteiger partial charge in [-0.05, 0) is 36.4 Å². The molecule has 0 aliphatic rings. The number of hydrogen-bond donors (Lipinski definition) is 0. The Hall–Kier alpha value is -1.85. The second kappa shape index (κ2) is 6.72. The highest BCUT2D eigenvalue weighted by atomic mass is 32.2. The zero-order valence-corrected chi connectivity index (χ0v) is 15.0. The number of amides is 1. The maximum absolute atomic E-state index is 12.6. The van der Waals surface area contributed by atoms with Crippen molar-refractivity contribution in [1.29, 1.82) is 0 Å². The summed E-state index contributed by atoms with van der Waals surface area (Å²) in [5, 5.41) is 0. The van der Waals surface area contributed by atoms with Crippen LogP contribution in [0.25, 0.3) is 10.2 Å². The summed E-state index contributed by atoms with van der Waals surface area (Å²) in [6, 6.07) is 13.8. The molecule has 0 unspecified atom stereocenters. The molecule has 1 amide bonds. The first-order valence-electron chi connectivity index (χ1n) is 7.48. The molecule has 0 fully saturated rings. The summed E-state index contributed by atoms with van der Waals surface area (Å²) in [4.78, 5) is 18.7. The predicted molar refractivity (Wildman–Crippen MR) is 98.3 cm³/mol. The van der Waals surface area contributed by atoms with Crippen LogP contribution >= 0.6 is 23.1 Å². The largest absolute Gasteiger partial charge is 0.319 e. The summed E-state index contributed by atoms with van der Waals surface area (Å²) in [7, 11) is 1.96. The third-order valence-electron chi connectivity index (χ3n) is 3.64. The molecule has 0 saturated carbocycles. The Labute approximate surface area is 143 Å². The van der Waals surface area contributed by atoms with Crippen LogP contribution in [-0.4, -0.2) is 16.2 Å². The van der Waals surface area contributed by atoms with E-state index in [4.69, 9.17) is 0 Å². The number of para-hydroxylation sites is 1. The molecule has 0 N–H and O–H groups in total. The quantitative estimate of drug-likeness (QED) is 0.661. The van der Waals surface area contributed by atoms with Crippen molar-refractivity contribution in [1.82, 2.24) is 4.57 Å². The average molecular weight is 342 g/mol. The van der Waals surface area contributed by atoms with Gasteiger partial charge in [0, 0.05) is 11.9 Å². The van der Waals surface area contributed by atoms with Crippen molar-refractivity contribution in [3.63, 3.8) is 0 Å². The minimum Gasteiger partial charge on any atom is -0.319 e. The molecular formula is C18H18N2OS2. The number of thiazole rings is 1. The van der Waals surface area contributed by atoms with Gasteiger partial charge in [-0.25, -0.2) is 0 Å². The monoisotopic (exact) mass is 342 g/mol. The molecule has 5 heteroatoms. The fourth-order valence-corrected chi connectivity index (χ4v) is 4.47. The van der Waals surface area contributed by atoms with Crippen molar-refractivity contribution in [3.05, 3.63) is 58.4 Å². The van der Waals surface area contributed by atoms with E-state index >= 15 is 0 Å². The molecule has 1 heterocycles. The smallest absolute Gasteiger partial charge is 0.280 e. The number of aromatic nitrogens is 1. The Morgan fingerprint density at radius 2 is 2.00 bits per heavy atom. The lowest BCUT2D eigenvalue weighted by atomic mass is 10.2. The summed E-state index contributed by atoms with van der Waals surface area (Å²) in [5.74, 6) is 0.751. The van der Waals surface area contributed by atoms with Gasteiger partial charge in [0.05, 0.1) is 15.8 Å². The number of carbonyl (C=O) groups is 1. The van der Waals surface area contributed by atoms with Gasteiger partial charge in [-0.2, -0.15) is 4.99 Å². The standard InChI is InChI=1S/C18H18N2OS2/c1-4-22-14-10-6-5-9-13(14)17(21)19-18-20(3)16-12(2)8-7-11-15(16)23-18/h5-11H,4H2,1-3H3. The van der Waals surface area contributed by atoms with Crippen LogP contribution < -0.4 is 4.80 Å². The number of rotatable bonds is 3. The zero-order chi connectivity index (χ0) is 16.4. The van der Waals surface area contributed by atoms with Gasteiger partial charge < -0.3 is 4.57 Å². The molecule has 3 aromatic rings. The molecule has 0 atom stereocenters. The highest BCUT2D eigenvalue weighted by Crippen LogP contribution is 2.23. The number of fused-ring (bicyclic) bond motifs is 1. The van der Waals surface area contributed by atoms with Gasteiger partial charge in [0.1, 0.15) is 0 Å². The minimum absolute atomic E-state index is 0.179. The first-order valence-corrected chi connectivity index (χ1v) is 9.28. The highest BCUT2D eigenvalue weighted by molar-refractivity contribution is 7.99. The van der Waals surface area contributed by atoms with Crippen LogP contribution in [0.5, 0.6) is 0 Å². The third kappa shape index (κ3) is 3.12. The van der Waals surface area contributed by atoms with Gasteiger partial charge in [0.2, 0.25) is 0 Å². The second-order valence-corrected chi connectivity index (χ2v) is 7.53. The first kappa shape index (κ1) is 16.0. The topological polar surface area (TPSA) is 34.4 Å². The summed E-state index contributed by atoms with van der Waals surface area (Å²) in [5.41, 5.74) is 3.01. The van der Waals surface area contributed by atoms with E-state index in [-0.39, 0.29) is 5.91 Å². The number of thioether (sulfide) groups is 1. The van der Waals surface area contributed by atoms with E-state index in [1.54, 1.807) is 23.1 Å². The number of carbonyl (C=O) groups excluding carboxylic acids is 1. The van der Waals surface area contributed by atoms with Crippen molar-refractivity contribution in [2.24, 2.45) is 12.0 Å². The van der Waals surface area contributed by atoms with Crippen LogP contribution in [0.1, 0.15) is 22.8 Å². The lowest BCUT2D eigenvalue weighted by molar-refractivity contribution is 0.0995. The van der Waals surface area contributed by atoms with Gasteiger partial charge in [0.25, 0.3) is 5.91 Å². The Kier molecular flexibility index (Phi) is 4.68. The number of hydrogen-bond acceptors (Lipinski definition) is 3. The number of benzene rings is 2. The van der Waals surface area contributed by atoms with Crippen molar-refractivity contribution >= 4 is 39.2 Å². The van der Waals surface area contributed by atoms with Crippen LogP contribution in [0.2, 0.25) is 0 Å². The Morgan fingerprint density at radius 3 is 2.74 bits per heavy atom. The summed E-state index contributed by atoms with van der Waals surface area (Å²) < 4.78 is 3.15. The molecule has 0 saturated heterocycles. The molecule has 0 bridgehead atoms. The fraction of sp³-hybridized carbons (Fsp3) is 0.222. The van der Waals surface area contributed by atoms with Crippen molar-refractivity contribution in [2.75, 3.05) is 5.75 Å². The van der Waals surface area contributed by atoms with Crippen molar-refractivity contribution < 1.29 is 4.79 Å².